The first kappa shape index (κ1) is 14.2. The highest BCUT2D eigenvalue weighted by Crippen LogP contribution is 2.30. The molecule has 112 valence electrons. The fourth-order valence-corrected chi connectivity index (χ4v) is 2.81. The van der Waals surface area contributed by atoms with Gasteiger partial charge in [0.2, 0.25) is 5.89 Å². The Morgan fingerprint density at radius 1 is 1.38 bits per heavy atom. The fourth-order valence-electron chi connectivity index (χ4n) is 2.81. The zero-order valence-electron chi connectivity index (χ0n) is 12.7. The van der Waals surface area contributed by atoms with Gasteiger partial charge >= 0.3 is 0 Å². The van der Waals surface area contributed by atoms with E-state index in [1.165, 1.54) is 6.42 Å². The summed E-state index contributed by atoms with van der Waals surface area (Å²) in [6.07, 6.45) is 5.12. The molecule has 0 spiro atoms. The molecule has 3 heterocycles. The largest absolute Gasteiger partial charge is 0.339 e. The van der Waals surface area contributed by atoms with Crippen LogP contribution in [-0.4, -0.2) is 33.1 Å². The SMILES string of the molecule is CC(C)c1nc([C@H]2CCCN2CCc2ccccn2)no1. The molecule has 1 aliphatic rings. The van der Waals surface area contributed by atoms with E-state index in [-0.39, 0.29) is 5.92 Å². The van der Waals surface area contributed by atoms with Crippen LogP contribution < -0.4 is 0 Å². The molecule has 1 saturated heterocycles. The van der Waals surface area contributed by atoms with Gasteiger partial charge in [-0.1, -0.05) is 25.1 Å². The normalized spacial score (nSPS) is 19.5. The van der Waals surface area contributed by atoms with Gasteiger partial charge in [-0.05, 0) is 31.5 Å². The first-order valence-corrected chi connectivity index (χ1v) is 7.71. The Kier molecular flexibility index (Phi) is 4.29. The molecule has 2 aromatic heterocycles. The van der Waals surface area contributed by atoms with Crippen LogP contribution in [0, 0.1) is 0 Å². The van der Waals surface area contributed by atoms with Gasteiger partial charge in [-0.2, -0.15) is 4.98 Å². The van der Waals surface area contributed by atoms with Crippen LogP contribution in [0.2, 0.25) is 0 Å². The van der Waals surface area contributed by atoms with Gasteiger partial charge < -0.3 is 4.52 Å². The Bertz CT molecular complexity index is 567. The number of pyridine rings is 1. The average Bonchev–Trinajstić information content (AvgIpc) is 3.15. The monoisotopic (exact) mass is 286 g/mol. The summed E-state index contributed by atoms with van der Waals surface area (Å²) >= 11 is 0. The van der Waals surface area contributed by atoms with Gasteiger partial charge in [-0.25, -0.2) is 0 Å². The molecule has 0 radical (unpaired) electrons. The van der Waals surface area contributed by atoms with E-state index in [0.29, 0.717) is 6.04 Å². The summed E-state index contributed by atoms with van der Waals surface area (Å²) in [5.41, 5.74) is 1.14. The Morgan fingerprint density at radius 2 is 2.29 bits per heavy atom. The van der Waals surface area contributed by atoms with Gasteiger partial charge in [-0.15, -0.1) is 0 Å². The molecular weight excluding hydrogens is 264 g/mol. The van der Waals surface area contributed by atoms with E-state index in [1.807, 2.05) is 18.3 Å². The molecule has 21 heavy (non-hydrogen) atoms. The Balaban J connectivity index is 1.64. The van der Waals surface area contributed by atoms with Gasteiger partial charge in [0.05, 0.1) is 6.04 Å². The second-order valence-electron chi connectivity index (χ2n) is 5.91. The van der Waals surface area contributed by atoms with E-state index < -0.39 is 0 Å². The maximum atomic E-state index is 5.35. The zero-order valence-corrected chi connectivity index (χ0v) is 12.7. The van der Waals surface area contributed by atoms with E-state index in [2.05, 4.69) is 39.9 Å². The van der Waals surface area contributed by atoms with E-state index in [4.69, 9.17) is 4.52 Å². The third-order valence-electron chi connectivity index (χ3n) is 3.99. The lowest BCUT2D eigenvalue weighted by molar-refractivity contribution is 0.244. The van der Waals surface area contributed by atoms with Gasteiger partial charge in [0, 0.05) is 30.8 Å². The summed E-state index contributed by atoms with van der Waals surface area (Å²) in [7, 11) is 0. The minimum absolute atomic E-state index is 0.287. The van der Waals surface area contributed by atoms with Crippen LogP contribution in [0.5, 0.6) is 0 Å². The molecule has 0 amide bonds. The summed E-state index contributed by atoms with van der Waals surface area (Å²) in [6.45, 7) is 6.24. The molecular formula is C16H22N4O. The lowest BCUT2D eigenvalue weighted by Gasteiger charge is -2.21. The number of rotatable bonds is 5. The molecule has 0 saturated carbocycles. The molecule has 5 heteroatoms. The van der Waals surface area contributed by atoms with Gasteiger partial charge in [0.15, 0.2) is 5.82 Å². The van der Waals surface area contributed by atoms with Crippen molar-refractivity contribution in [2.24, 2.45) is 0 Å². The lowest BCUT2D eigenvalue weighted by atomic mass is 10.2. The predicted octanol–water partition coefficient (Wildman–Crippen LogP) is 2.97. The third kappa shape index (κ3) is 3.29. The Morgan fingerprint density at radius 3 is 3.00 bits per heavy atom. The van der Waals surface area contributed by atoms with Crippen LogP contribution in [0.4, 0.5) is 0 Å². The minimum Gasteiger partial charge on any atom is -0.339 e. The molecule has 3 rings (SSSR count). The van der Waals surface area contributed by atoms with E-state index in [0.717, 1.165) is 43.3 Å². The van der Waals surface area contributed by atoms with Crippen molar-refractivity contribution < 1.29 is 4.52 Å². The van der Waals surface area contributed by atoms with Gasteiger partial charge in [0.25, 0.3) is 0 Å². The average molecular weight is 286 g/mol. The zero-order chi connectivity index (χ0) is 14.7. The second-order valence-corrected chi connectivity index (χ2v) is 5.91. The van der Waals surface area contributed by atoms with Crippen molar-refractivity contribution in [1.82, 2.24) is 20.0 Å². The van der Waals surface area contributed by atoms with Crippen molar-refractivity contribution in [3.05, 3.63) is 41.8 Å². The highest BCUT2D eigenvalue weighted by Gasteiger charge is 2.29. The van der Waals surface area contributed by atoms with Crippen LogP contribution in [-0.2, 0) is 6.42 Å². The van der Waals surface area contributed by atoms with Crippen LogP contribution in [0.25, 0.3) is 0 Å². The van der Waals surface area contributed by atoms with Crippen LogP contribution in [0.3, 0.4) is 0 Å². The standard InChI is InChI=1S/C16H22N4O/c1-12(2)16-18-15(19-21-16)14-7-5-10-20(14)11-8-13-6-3-4-9-17-13/h3-4,6,9,12,14H,5,7-8,10-11H2,1-2H3/t14-/m1/s1. The first-order chi connectivity index (χ1) is 10.2. The molecule has 5 nitrogen and oxygen atoms in total. The molecule has 1 atom stereocenters. The molecule has 0 aliphatic carbocycles. The molecule has 2 aromatic rings. The van der Waals surface area contributed by atoms with Crippen molar-refractivity contribution in [1.29, 1.82) is 0 Å². The summed E-state index contributed by atoms with van der Waals surface area (Å²) in [6, 6.07) is 6.37. The lowest BCUT2D eigenvalue weighted by Crippen LogP contribution is -2.26. The second kappa shape index (κ2) is 6.35. The maximum Gasteiger partial charge on any atom is 0.229 e. The van der Waals surface area contributed by atoms with Gasteiger partial charge in [-0.3, -0.25) is 9.88 Å². The quantitative estimate of drug-likeness (QED) is 0.845. The van der Waals surface area contributed by atoms with Gasteiger partial charge in [0.1, 0.15) is 0 Å². The van der Waals surface area contributed by atoms with Crippen molar-refractivity contribution >= 4 is 0 Å². The highest BCUT2D eigenvalue weighted by atomic mass is 16.5. The van der Waals surface area contributed by atoms with Crippen molar-refractivity contribution in [2.75, 3.05) is 13.1 Å². The number of aromatic nitrogens is 3. The van der Waals surface area contributed by atoms with E-state index in [9.17, 15) is 0 Å². The fraction of sp³-hybridized carbons (Fsp3) is 0.562. The number of likely N-dealkylation sites (tertiary alicyclic amines) is 1. The van der Waals surface area contributed by atoms with E-state index >= 15 is 0 Å². The summed E-state index contributed by atoms with van der Waals surface area (Å²) in [5.74, 6) is 1.87. The van der Waals surface area contributed by atoms with Crippen LogP contribution in [0.1, 0.15) is 56.1 Å². The van der Waals surface area contributed by atoms with Crippen LogP contribution in [0.15, 0.2) is 28.9 Å². The van der Waals surface area contributed by atoms with Crippen molar-refractivity contribution in [2.45, 2.75) is 45.1 Å². The Hall–Kier alpha value is -1.75. The number of hydrogen-bond donors (Lipinski definition) is 0. The van der Waals surface area contributed by atoms with Crippen molar-refractivity contribution in [3.8, 4) is 0 Å². The topological polar surface area (TPSA) is 55.1 Å². The minimum atomic E-state index is 0.287. The molecule has 0 aromatic carbocycles. The molecule has 0 N–H and O–H groups in total. The highest BCUT2D eigenvalue weighted by molar-refractivity contribution is 5.05. The predicted molar refractivity (Wildman–Crippen MR) is 79.9 cm³/mol. The third-order valence-corrected chi connectivity index (χ3v) is 3.99. The first-order valence-electron chi connectivity index (χ1n) is 7.71. The van der Waals surface area contributed by atoms with Crippen molar-refractivity contribution in [3.63, 3.8) is 0 Å². The summed E-state index contributed by atoms with van der Waals surface area (Å²) < 4.78 is 5.35. The Labute approximate surface area is 125 Å². The maximum absolute atomic E-state index is 5.35. The molecule has 0 bridgehead atoms. The molecule has 1 fully saturated rings. The summed E-state index contributed by atoms with van der Waals surface area (Å²) in [5, 5.41) is 4.18. The molecule has 0 unspecified atom stereocenters. The number of nitrogens with zero attached hydrogens (tertiary/aromatic N) is 4. The smallest absolute Gasteiger partial charge is 0.229 e. The van der Waals surface area contributed by atoms with E-state index in [1.54, 1.807) is 0 Å². The summed E-state index contributed by atoms with van der Waals surface area (Å²) in [4.78, 5) is 11.4. The molecule has 1 aliphatic heterocycles. The number of hydrogen-bond acceptors (Lipinski definition) is 5. The van der Waals surface area contributed by atoms with Crippen LogP contribution >= 0.6 is 0 Å².